The molecule has 0 rings (SSSR count). The molecule has 6 heteroatoms. The van der Waals surface area contributed by atoms with Gasteiger partial charge in [0.2, 0.25) is 0 Å². The fourth-order valence-electron chi connectivity index (χ4n) is 6.61. The highest BCUT2D eigenvalue weighted by Crippen LogP contribution is 2.13. The van der Waals surface area contributed by atoms with E-state index in [2.05, 4.69) is 106 Å². The third-order valence-electron chi connectivity index (χ3n) is 10.4. The zero-order valence-corrected chi connectivity index (χ0v) is 39.7. The van der Waals surface area contributed by atoms with Crippen LogP contribution in [0.15, 0.2) is 85.1 Å². The van der Waals surface area contributed by atoms with Gasteiger partial charge in [-0.25, -0.2) is 0 Å². The fourth-order valence-corrected chi connectivity index (χ4v) is 6.61. The van der Waals surface area contributed by atoms with E-state index >= 15 is 0 Å². The summed E-state index contributed by atoms with van der Waals surface area (Å²) in [6.45, 7) is 6.41. The fraction of sp³-hybridized carbons (Fsp3) is 0.691. The van der Waals surface area contributed by atoms with Crippen molar-refractivity contribution in [3.05, 3.63) is 85.1 Å². The lowest BCUT2D eigenvalue weighted by atomic mass is 10.1. The molecule has 1 unspecified atom stereocenters. The van der Waals surface area contributed by atoms with Gasteiger partial charge in [-0.1, -0.05) is 196 Å². The van der Waals surface area contributed by atoms with Gasteiger partial charge in [-0.15, -0.1) is 0 Å². The van der Waals surface area contributed by atoms with Crippen molar-refractivity contribution in [3.63, 3.8) is 0 Å². The predicted octanol–water partition coefficient (Wildman–Crippen LogP) is 16.4. The highest BCUT2D eigenvalue weighted by molar-refractivity contribution is 5.71. The molecule has 0 heterocycles. The van der Waals surface area contributed by atoms with Crippen LogP contribution in [0.25, 0.3) is 0 Å². The summed E-state index contributed by atoms with van der Waals surface area (Å²) in [4.78, 5) is 37.7. The Morgan fingerprint density at radius 2 is 0.639 bits per heavy atom. The molecule has 0 spiro atoms. The second-order valence-corrected chi connectivity index (χ2v) is 16.3. The lowest BCUT2D eigenvalue weighted by Gasteiger charge is -2.18. The summed E-state index contributed by atoms with van der Waals surface area (Å²) < 4.78 is 16.6. The molecular weight excluding hydrogens is 757 g/mol. The maximum atomic E-state index is 12.7. The van der Waals surface area contributed by atoms with Crippen LogP contribution in [0, 0.1) is 0 Å². The van der Waals surface area contributed by atoms with Crippen molar-refractivity contribution in [1.29, 1.82) is 0 Å². The number of carbonyl (C=O) groups excluding carboxylic acids is 3. The summed E-state index contributed by atoms with van der Waals surface area (Å²) in [7, 11) is 0. The van der Waals surface area contributed by atoms with Gasteiger partial charge in [-0.3, -0.25) is 14.4 Å². The summed E-state index contributed by atoms with van der Waals surface area (Å²) in [5.74, 6) is -0.961. The van der Waals surface area contributed by atoms with Gasteiger partial charge in [-0.2, -0.15) is 0 Å². The number of esters is 3. The van der Waals surface area contributed by atoms with Crippen LogP contribution in [-0.4, -0.2) is 37.2 Å². The molecule has 0 N–H and O–H groups in total. The van der Waals surface area contributed by atoms with E-state index in [1.807, 2.05) is 0 Å². The minimum atomic E-state index is -0.795. The quantitative estimate of drug-likeness (QED) is 0.0263. The van der Waals surface area contributed by atoms with Crippen LogP contribution in [0.5, 0.6) is 0 Å². The molecule has 0 aromatic heterocycles. The van der Waals surface area contributed by atoms with E-state index in [9.17, 15) is 14.4 Å². The Balaban J connectivity index is 4.33. The number of carbonyl (C=O) groups is 3. The van der Waals surface area contributed by atoms with Gasteiger partial charge in [0.15, 0.2) is 6.10 Å². The lowest BCUT2D eigenvalue weighted by Crippen LogP contribution is -2.30. The summed E-state index contributed by atoms with van der Waals surface area (Å²) in [5, 5.41) is 0. The van der Waals surface area contributed by atoms with E-state index in [1.54, 1.807) is 0 Å². The van der Waals surface area contributed by atoms with Crippen molar-refractivity contribution in [1.82, 2.24) is 0 Å². The van der Waals surface area contributed by atoms with Crippen molar-refractivity contribution >= 4 is 17.9 Å². The first-order valence-corrected chi connectivity index (χ1v) is 25.1. The average Bonchev–Trinajstić information content (AvgIpc) is 3.26. The second kappa shape index (κ2) is 49.2. The smallest absolute Gasteiger partial charge is 0.306 e. The number of rotatable bonds is 44. The molecule has 6 nitrogen and oxygen atoms in total. The van der Waals surface area contributed by atoms with Crippen LogP contribution in [0.1, 0.15) is 226 Å². The molecule has 1 atom stereocenters. The van der Waals surface area contributed by atoms with Crippen molar-refractivity contribution in [3.8, 4) is 0 Å². The summed E-state index contributed by atoms with van der Waals surface area (Å²) in [5.41, 5.74) is 0. The zero-order valence-electron chi connectivity index (χ0n) is 39.7. The molecule has 0 radical (unpaired) electrons. The van der Waals surface area contributed by atoms with Gasteiger partial charge in [0, 0.05) is 19.3 Å². The Bertz CT molecular complexity index is 1200. The highest BCUT2D eigenvalue weighted by atomic mass is 16.6. The molecule has 0 aliphatic carbocycles. The number of ether oxygens (including phenoxy) is 3. The number of hydrogen-bond acceptors (Lipinski definition) is 6. The molecule has 0 aliphatic rings. The van der Waals surface area contributed by atoms with Crippen LogP contribution in [-0.2, 0) is 28.6 Å². The van der Waals surface area contributed by atoms with E-state index in [4.69, 9.17) is 14.2 Å². The molecular formula is C55H92O6. The Labute approximate surface area is 375 Å². The number of allylic oxidation sites excluding steroid dienone is 14. The average molecular weight is 849 g/mol. The van der Waals surface area contributed by atoms with E-state index in [-0.39, 0.29) is 31.1 Å². The Morgan fingerprint density at radius 3 is 1.05 bits per heavy atom. The molecule has 348 valence electrons. The first-order chi connectivity index (χ1) is 30.0. The van der Waals surface area contributed by atoms with Gasteiger partial charge in [0.1, 0.15) is 13.2 Å². The van der Waals surface area contributed by atoms with E-state index in [0.717, 1.165) is 109 Å². The van der Waals surface area contributed by atoms with Crippen LogP contribution >= 0.6 is 0 Å². The van der Waals surface area contributed by atoms with Crippen molar-refractivity contribution < 1.29 is 28.6 Å². The van der Waals surface area contributed by atoms with Crippen molar-refractivity contribution in [2.75, 3.05) is 13.2 Å². The monoisotopic (exact) mass is 849 g/mol. The lowest BCUT2D eigenvalue weighted by molar-refractivity contribution is -0.167. The number of hydrogen-bond donors (Lipinski definition) is 0. The predicted molar refractivity (Wildman–Crippen MR) is 261 cm³/mol. The largest absolute Gasteiger partial charge is 0.462 e. The van der Waals surface area contributed by atoms with E-state index in [0.29, 0.717) is 19.3 Å². The first kappa shape index (κ1) is 57.6. The van der Waals surface area contributed by atoms with E-state index < -0.39 is 6.10 Å². The normalized spacial score (nSPS) is 12.8. The summed E-state index contributed by atoms with van der Waals surface area (Å²) in [6, 6.07) is 0. The van der Waals surface area contributed by atoms with Gasteiger partial charge in [-0.05, 0) is 96.3 Å². The van der Waals surface area contributed by atoms with Crippen LogP contribution in [0.3, 0.4) is 0 Å². The molecule has 0 bridgehead atoms. The van der Waals surface area contributed by atoms with Crippen molar-refractivity contribution in [2.24, 2.45) is 0 Å². The SMILES string of the molecule is CC/C=C\C/C=C\C/C=C\C/C=C\C/C=C\C/C=C\CCCCC(=O)OCC(COC(=O)CCCCCCCC)OC(=O)CCCCCCC/C=C\CCCCCCCCC. The molecule has 0 saturated carbocycles. The first-order valence-electron chi connectivity index (χ1n) is 25.1. The Morgan fingerprint density at radius 1 is 0.344 bits per heavy atom. The third kappa shape index (κ3) is 47.5. The van der Waals surface area contributed by atoms with Gasteiger partial charge >= 0.3 is 17.9 Å². The molecule has 0 amide bonds. The molecule has 0 fully saturated rings. The van der Waals surface area contributed by atoms with Crippen LogP contribution in [0.4, 0.5) is 0 Å². The number of unbranched alkanes of at least 4 members (excludes halogenated alkanes) is 19. The van der Waals surface area contributed by atoms with Gasteiger partial charge in [0.05, 0.1) is 0 Å². The molecule has 0 saturated heterocycles. The molecule has 0 aromatic carbocycles. The molecule has 0 aromatic rings. The van der Waals surface area contributed by atoms with Crippen LogP contribution in [0.2, 0.25) is 0 Å². The maximum Gasteiger partial charge on any atom is 0.306 e. The minimum Gasteiger partial charge on any atom is -0.462 e. The van der Waals surface area contributed by atoms with E-state index in [1.165, 1.54) is 77.0 Å². The molecule has 0 aliphatic heterocycles. The standard InChI is InChI=1S/C55H92O6/c1-4-7-10-13-16-18-20-22-24-26-27-28-29-30-32-33-35-37-39-42-45-48-54(57)60-51-52(50-59-53(56)47-44-41-15-12-9-6-3)61-55(58)49-46-43-40-38-36-34-31-25-23-21-19-17-14-11-8-5-2/h7,10,16,18,22,24-25,27-28,30-32,35,37,52H,4-6,8-9,11-15,17,19-21,23,26,29,33-34,36,38-51H2,1-3H3/b10-7-,18-16-,24-22-,28-27-,31-25-,32-30-,37-35-. The second-order valence-electron chi connectivity index (χ2n) is 16.3. The summed E-state index contributed by atoms with van der Waals surface area (Å²) in [6.07, 6.45) is 63.1. The Hall–Kier alpha value is -3.41. The van der Waals surface area contributed by atoms with Gasteiger partial charge < -0.3 is 14.2 Å². The van der Waals surface area contributed by atoms with Crippen LogP contribution < -0.4 is 0 Å². The molecule has 61 heavy (non-hydrogen) atoms. The highest BCUT2D eigenvalue weighted by Gasteiger charge is 2.19. The van der Waals surface area contributed by atoms with Gasteiger partial charge in [0.25, 0.3) is 0 Å². The third-order valence-corrected chi connectivity index (χ3v) is 10.4. The summed E-state index contributed by atoms with van der Waals surface area (Å²) >= 11 is 0. The minimum absolute atomic E-state index is 0.0944. The topological polar surface area (TPSA) is 78.9 Å². The van der Waals surface area contributed by atoms with Crippen molar-refractivity contribution in [2.45, 2.75) is 232 Å². The zero-order chi connectivity index (χ0) is 44.4. The maximum absolute atomic E-state index is 12.7. The Kier molecular flexibility index (Phi) is 46.5.